The Bertz CT molecular complexity index is 803. The molecule has 0 bridgehead atoms. The van der Waals surface area contributed by atoms with E-state index < -0.39 is 0 Å². The van der Waals surface area contributed by atoms with Gasteiger partial charge in [0, 0.05) is 31.3 Å². The normalized spacial score (nSPS) is 17.4. The van der Waals surface area contributed by atoms with Crippen LogP contribution in [0.5, 0.6) is 0 Å². The second-order valence-electron chi connectivity index (χ2n) is 6.78. The molecule has 1 unspecified atom stereocenters. The fourth-order valence-electron chi connectivity index (χ4n) is 3.51. The number of likely N-dealkylation sites (N-methyl/N-ethyl adjacent to an activating group) is 2. The predicted octanol–water partition coefficient (Wildman–Crippen LogP) is 1.85. The molecule has 6 heteroatoms. The first kappa shape index (κ1) is 18.3. The van der Waals surface area contributed by atoms with Crippen LogP contribution in [0.4, 0.5) is 0 Å². The highest BCUT2D eigenvalue weighted by molar-refractivity contribution is 5.75. The summed E-state index contributed by atoms with van der Waals surface area (Å²) in [4.78, 5) is 28.9. The van der Waals surface area contributed by atoms with E-state index in [4.69, 9.17) is 0 Å². The molecule has 6 nitrogen and oxygen atoms in total. The van der Waals surface area contributed by atoms with Crippen molar-refractivity contribution >= 4 is 5.91 Å². The number of benzene rings is 1. The summed E-state index contributed by atoms with van der Waals surface area (Å²) in [6, 6.07) is 13.2. The van der Waals surface area contributed by atoms with Crippen LogP contribution in [0.15, 0.2) is 47.3 Å². The van der Waals surface area contributed by atoms with Crippen LogP contribution in [0, 0.1) is 0 Å². The zero-order valence-corrected chi connectivity index (χ0v) is 15.5. The van der Waals surface area contributed by atoms with Crippen molar-refractivity contribution in [2.75, 3.05) is 26.7 Å². The van der Waals surface area contributed by atoms with Crippen LogP contribution in [0.2, 0.25) is 0 Å². The molecule has 1 fully saturated rings. The zero-order chi connectivity index (χ0) is 18.5. The van der Waals surface area contributed by atoms with E-state index in [0.29, 0.717) is 18.3 Å². The van der Waals surface area contributed by atoms with Gasteiger partial charge in [0.25, 0.3) is 5.56 Å². The van der Waals surface area contributed by atoms with Crippen molar-refractivity contribution in [3.05, 3.63) is 52.8 Å². The third-order valence-corrected chi connectivity index (χ3v) is 5.04. The Kier molecular flexibility index (Phi) is 5.83. The van der Waals surface area contributed by atoms with Crippen LogP contribution in [0.1, 0.15) is 19.8 Å². The van der Waals surface area contributed by atoms with Gasteiger partial charge in [-0.05, 0) is 32.0 Å². The summed E-state index contributed by atoms with van der Waals surface area (Å²) < 4.78 is 1.26. The molecule has 2 aromatic rings. The smallest absolute Gasteiger partial charge is 0.267 e. The van der Waals surface area contributed by atoms with Crippen LogP contribution < -0.4 is 5.56 Å². The van der Waals surface area contributed by atoms with E-state index >= 15 is 0 Å². The average molecular weight is 354 g/mol. The third kappa shape index (κ3) is 4.19. The van der Waals surface area contributed by atoms with Crippen LogP contribution >= 0.6 is 0 Å². The van der Waals surface area contributed by atoms with E-state index in [-0.39, 0.29) is 18.0 Å². The lowest BCUT2D eigenvalue weighted by atomic mass is 10.1. The molecule has 138 valence electrons. The second-order valence-corrected chi connectivity index (χ2v) is 6.78. The Hall–Kier alpha value is -2.47. The van der Waals surface area contributed by atoms with E-state index in [1.54, 1.807) is 18.0 Å². The maximum atomic E-state index is 12.6. The standard InChI is InChI=1S/C20H26N4O2/c1-3-23-13-7-10-17(23)14-22(2)20(26)15-24-19(25)12-11-18(21-24)16-8-5-4-6-9-16/h4-6,8-9,11-12,17H,3,7,10,13-15H2,1-2H3. The number of nitrogens with zero attached hydrogens (tertiary/aromatic N) is 4. The lowest BCUT2D eigenvalue weighted by Gasteiger charge is -2.27. The van der Waals surface area contributed by atoms with E-state index in [9.17, 15) is 9.59 Å². The number of hydrogen-bond acceptors (Lipinski definition) is 4. The number of carbonyl (C=O) groups excluding carboxylic acids is 1. The number of amides is 1. The first-order valence-corrected chi connectivity index (χ1v) is 9.20. The Balaban J connectivity index is 1.69. The maximum Gasteiger partial charge on any atom is 0.267 e. The van der Waals surface area contributed by atoms with Crippen molar-refractivity contribution in [3.8, 4) is 11.3 Å². The van der Waals surface area contributed by atoms with Gasteiger partial charge in [0.1, 0.15) is 6.54 Å². The van der Waals surface area contributed by atoms with Gasteiger partial charge < -0.3 is 4.90 Å². The van der Waals surface area contributed by atoms with Gasteiger partial charge in [-0.15, -0.1) is 0 Å². The number of aromatic nitrogens is 2. The number of likely N-dealkylation sites (tertiary alicyclic amines) is 1. The van der Waals surface area contributed by atoms with Crippen LogP contribution in [-0.4, -0.2) is 58.2 Å². The second kappa shape index (κ2) is 8.27. The zero-order valence-electron chi connectivity index (χ0n) is 15.5. The van der Waals surface area contributed by atoms with Gasteiger partial charge in [-0.25, -0.2) is 4.68 Å². The summed E-state index contributed by atoms with van der Waals surface area (Å²) in [6.07, 6.45) is 2.30. The number of rotatable bonds is 6. The van der Waals surface area contributed by atoms with E-state index in [1.165, 1.54) is 17.2 Å². The Labute approximate surface area is 154 Å². The SMILES string of the molecule is CCN1CCCC1CN(C)C(=O)Cn1nc(-c2ccccc2)ccc1=O. The van der Waals surface area contributed by atoms with Crippen LogP contribution in [0.3, 0.4) is 0 Å². The van der Waals surface area contributed by atoms with Crippen molar-refractivity contribution < 1.29 is 4.79 Å². The molecule has 0 spiro atoms. The van der Waals surface area contributed by atoms with Gasteiger partial charge in [-0.3, -0.25) is 14.5 Å². The summed E-state index contributed by atoms with van der Waals surface area (Å²) in [5, 5.41) is 4.37. The molecular formula is C20H26N4O2. The molecule has 1 saturated heterocycles. The van der Waals surface area contributed by atoms with Gasteiger partial charge >= 0.3 is 0 Å². The highest BCUT2D eigenvalue weighted by Crippen LogP contribution is 2.17. The Morgan fingerprint density at radius 3 is 2.73 bits per heavy atom. The largest absolute Gasteiger partial charge is 0.343 e. The molecule has 1 aromatic carbocycles. The first-order valence-electron chi connectivity index (χ1n) is 9.20. The topological polar surface area (TPSA) is 58.4 Å². The lowest BCUT2D eigenvalue weighted by Crippen LogP contribution is -2.43. The third-order valence-electron chi connectivity index (χ3n) is 5.04. The molecule has 0 aliphatic carbocycles. The summed E-state index contributed by atoms with van der Waals surface area (Å²) in [5.74, 6) is -0.0900. The minimum Gasteiger partial charge on any atom is -0.343 e. The minimum atomic E-state index is -0.262. The molecular weight excluding hydrogens is 328 g/mol. The van der Waals surface area contributed by atoms with Crippen LogP contribution in [0.25, 0.3) is 11.3 Å². The molecule has 0 N–H and O–H groups in total. The average Bonchev–Trinajstić information content (AvgIpc) is 3.11. The monoisotopic (exact) mass is 354 g/mol. The Morgan fingerprint density at radius 2 is 2.00 bits per heavy atom. The molecule has 2 heterocycles. The fourth-order valence-corrected chi connectivity index (χ4v) is 3.51. The van der Waals surface area contributed by atoms with Crippen molar-refractivity contribution in [2.24, 2.45) is 0 Å². The van der Waals surface area contributed by atoms with Crippen molar-refractivity contribution in [3.63, 3.8) is 0 Å². The summed E-state index contributed by atoms with van der Waals surface area (Å²) >= 11 is 0. The van der Waals surface area contributed by atoms with E-state index in [2.05, 4.69) is 16.9 Å². The molecule has 26 heavy (non-hydrogen) atoms. The van der Waals surface area contributed by atoms with Gasteiger partial charge in [0.15, 0.2) is 0 Å². The molecule has 1 aliphatic heterocycles. The Morgan fingerprint density at radius 1 is 1.23 bits per heavy atom. The molecule has 1 amide bonds. The maximum absolute atomic E-state index is 12.6. The predicted molar refractivity (Wildman–Crippen MR) is 102 cm³/mol. The van der Waals surface area contributed by atoms with Gasteiger partial charge in [-0.1, -0.05) is 37.3 Å². The van der Waals surface area contributed by atoms with E-state index in [1.807, 2.05) is 30.3 Å². The van der Waals surface area contributed by atoms with E-state index in [0.717, 1.165) is 25.1 Å². The summed E-state index contributed by atoms with van der Waals surface area (Å²) in [7, 11) is 1.81. The molecule has 1 aliphatic rings. The summed E-state index contributed by atoms with van der Waals surface area (Å²) in [5.41, 5.74) is 1.35. The molecule has 1 atom stereocenters. The molecule has 0 saturated carbocycles. The van der Waals surface area contributed by atoms with Crippen molar-refractivity contribution in [1.29, 1.82) is 0 Å². The van der Waals surface area contributed by atoms with Crippen molar-refractivity contribution in [2.45, 2.75) is 32.4 Å². The van der Waals surface area contributed by atoms with Crippen LogP contribution in [-0.2, 0) is 11.3 Å². The highest BCUT2D eigenvalue weighted by Gasteiger charge is 2.25. The van der Waals surface area contributed by atoms with Crippen molar-refractivity contribution in [1.82, 2.24) is 19.6 Å². The first-order chi connectivity index (χ1) is 12.6. The van der Waals surface area contributed by atoms with Gasteiger partial charge in [0.05, 0.1) is 5.69 Å². The summed E-state index contributed by atoms with van der Waals surface area (Å²) in [6.45, 7) is 4.92. The van der Waals surface area contributed by atoms with Gasteiger partial charge in [0.2, 0.25) is 5.91 Å². The minimum absolute atomic E-state index is 0.0329. The highest BCUT2D eigenvalue weighted by atomic mass is 16.2. The quantitative estimate of drug-likeness (QED) is 0.794. The number of carbonyl (C=O) groups is 1. The number of hydrogen-bond donors (Lipinski definition) is 0. The fraction of sp³-hybridized carbons (Fsp3) is 0.450. The molecule has 3 rings (SSSR count). The van der Waals surface area contributed by atoms with Gasteiger partial charge in [-0.2, -0.15) is 5.10 Å². The lowest BCUT2D eigenvalue weighted by molar-refractivity contribution is -0.131. The molecule has 0 radical (unpaired) electrons. The molecule has 1 aromatic heterocycles.